The normalized spacial score (nSPS) is 28.0. The van der Waals surface area contributed by atoms with Gasteiger partial charge in [0.25, 0.3) is 0 Å². The second-order valence-corrected chi connectivity index (χ2v) is 15.3. The van der Waals surface area contributed by atoms with Crippen molar-refractivity contribution in [2.45, 2.75) is 38.8 Å². The Hall–Kier alpha value is -2.32. The monoisotopic (exact) mass is 778 g/mol. The minimum Gasteiger partial charge on any atom is -1.00 e. The molecule has 0 N–H and O–H groups in total. The van der Waals surface area contributed by atoms with Crippen molar-refractivity contribution in [2.75, 3.05) is 80.5 Å². The van der Waals surface area contributed by atoms with Gasteiger partial charge in [0, 0.05) is 12.8 Å². The Balaban J connectivity index is 0.000000250. The number of para-hydroxylation sites is 2. The van der Waals surface area contributed by atoms with Crippen molar-refractivity contribution in [1.29, 1.82) is 0 Å². The van der Waals surface area contributed by atoms with Crippen LogP contribution in [0.25, 0.3) is 0 Å². The molecule has 4 aromatic carbocycles. The van der Waals surface area contributed by atoms with Crippen LogP contribution in [0.1, 0.15) is 25.0 Å². The van der Waals surface area contributed by atoms with E-state index < -0.39 is 0 Å². The minimum absolute atomic E-state index is 0. The molecule has 0 aromatic heterocycles. The highest BCUT2D eigenvalue weighted by molar-refractivity contribution is 5.43. The Kier molecular flexibility index (Phi) is 14.7. The molecule has 2 fully saturated rings. The first kappa shape index (κ1) is 40.1. The molecule has 6 heteroatoms. The molecule has 2 aliphatic heterocycles. The van der Waals surface area contributed by atoms with Crippen LogP contribution in [0.15, 0.2) is 121 Å². The highest BCUT2D eigenvalue weighted by Crippen LogP contribution is 2.29. The van der Waals surface area contributed by atoms with Crippen molar-refractivity contribution in [3.63, 3.8) is 0 Å². The SMILES string of the molecule is CC(Cc1ccccc1)[N+]1(C)CC[N+](C)(c2ccccc2)CC1.CC(Cc1ccccc1)[N+]1(C)CC[N+](C)(c2ccccc2)CC1.[Br-].[Br-]. The van der Waals surface area contributed by atoms with Crippen molar-refractivity contribution in [3.8, 4) is 0 Å². The van der Waals surface area contributed by atoms with Crippen molar-refractivity contribution >= 4 is 11.4 Å². The van der Waals surface area contributed by atoms with Gasteiger partial charge in [-0.25, -0.2) is 0 Å². The summed E-state index contributed by atoms with van der Waals surface area (Å²) >= 11 is 0. The van der Waals surface area contributed by atoms with E-state index in [2.05, 4.69) is 163 Å². The summed E-state index contributed by atoms with van der Waals surface area (Å²) in [5.74, 6) is 0. The Morgan fingerprint density at radius 2 is 0.646 bits per heavy atom. The molecule has 0 saturated carbocycles. The first-order valence-electron chi connectivity index (χ1n) is 17.6. The molecule has 48 heavy (non-hydrogen) atoms. The highest BCUT2D eigenvalue weighted by Gasteiger charge is 2.42. The van der Waals surface area contributed by atoms with Gasteiger partial charge in [-0.3, -0.25) is 8.97 Å². The summed E-state index contributed by atoms with van der Waals surface area (Å²) in [4.78, 5) is 0. The van der Waals surface area contributed by atoms with Gasteiger partial charge in [0.05, 0.1) is 40.3 Å². The van der Waals surface area contributed by atoms with Crippen LogP contribution < -0.4 is 42.9 Å². The van der Waals surface area contributed by atoms with Gasteiger partial charge in [0.2, 0.25) is 0 Å². The van der Waals surface area contributed by atoms with E-state index in [4.69, 9.17) is 0 Å². The number of quaternary nitrogens is 4. The van der Waals surface area contributed by atoms with E-state index in [9.17, 15) is 0 Å². The fourth-order valence-corrected chi connectivity index (χ4v) is 7.57. The van der Waals surface area contributed by atoms with Gasteiger partial charge < -0.3 is 42.9 Å². The summed E-state index contributed by atoms with van der Waals surface area (Å²) in [6, 6.07) is 45.2. The Labute approximate surface area is 313 Å². The van der Waals surface area contributed by atoms with Crippen molar-refractivity contribution in [1.82, 2.24) is 8.97 Å². The number of hydrogen-bond donors (Lipinski definition) is 0. The first-order chi connectivity index (χ1) is 22.0. The molecule has 2 saturated heterocycles. The zero-order chi connectivity index (χ0) is 32.7. The second-order valence-electron chi connectivity index (χ2n) is 15.3. The molecule has 0 radical (unpaired) electrons. The van der Waals surface area contributed by atoms with Crippen molar-refractivity contribution < 1.29 is 42.9 Å². The van der Waals surface area contributed by atoms with Crippen LogP contribution >= 0.6 is 0 Å². The van der Waals surface area contributed by atoms with E-state index in [0.29, 0.717) is 12.1 Å². The summed E-state index contributed by atoms with van der Waals surface area (Å²) in [5.41, 5.74) is 5.83. The number of benzene rings is 4. The molecule has 4 aromatic rings. The van der Waals surface area contributed by atoms with Gasteiger partial charge in [-0.15, -0.1) is 0 Å². The first-order valence-corrected chi connectivity index (χ1v) is 17.6. The molecule has 0 bridgehead atoms. The molecule has 260 valence electrons. The lowest BCUT2D eigenvalue weighted by Crippen LogP contribution is -3.00. The Bertz CT molecular complexity index is 1350. The highest BCUT2D eigenvalue weighted by atomic mass is 79.9. The van der Waals surface area contributed by atoms with Crippen LogP contribution in [-0.2, 0) is 12.8 Å². The van der Waals surface area contributed by atoms with Crippen LogP contribution in [0.5, 0.6) is 0 Å². The van der Waals surface area contributed by atoms with Crippen molar-refractivity contribution in [3.05, 3.63) is 132 Å². The maximum absolute atomic E-state index is 2.45. The van der Waals surface area contributed by atoms with E-state index in [1.54, 1.807) is 0 Å². The molecule has 6 rings (SSSR count). The predicted octanol–water partition coefficient (Wildman–Crippen LogP) is 1.44. The zero-order valence-corrected chi connectivity index (χ0v) is 33.5. The lowest BCUT2D eigenvalue weighted by atomic mass is 10.0. The van der Waals surface area contributed by atoms with Crippen molar-refractivity contribution in [2.24, 2.45) is 0 Å². The van der Waals surface area contributed by atoms with E-state index in [1.807, 2.05) is 0 Å². The molecule has 2 atom stereocenters. The lowest BCUT2D eigenvalue weighted by molar-refractivity contribution is -0.934. The molecular formula is C42H60Br2N4+2. The van der Waals surface area contributed by atoms with E-state index in [-0.39, 0.29) is 34.0 Å². The summed E-state index contributed by atoms with van der Waals surface area (Å²) < 4.78 is 4.53. The molecular weight excluding hydrogens is 720 g/mol. The van der Waals surface area contributed by atoms with Gasteiger partial charge in [0.1, 0.15) is 63.7 Å². The minimum atomic E-state index is 0. The Morgan fingerprint density at radius 1 is 0.396 bits per heavy atom. The van der Waals surface area contributed by atoms with E-state index in [1.165, 1.54) is 96.7 Å². The lowest BCUT2D eigenvalue weighted by Gasteiger charge is -2.48. The van der Waals surface area contributed by atoms with Gasteiger partial charge >= 0.3 is 0 Å². The third-order valence-electron chi connectivity index (χ3n) is 12.1. The molecule has 2 heterocycles. The Morgan fingerprint density at radius 3 is 0.917 bits per heavy atom. The van der Waals surface area contributed by atoms with Crippen LogP contribution in [0.2, 0.25) is 0 Å². The third-order valence-corrected chi connectivity index (χ3v) is 12.1. The van der Waals surface area contributed by atoms with Gasteiger partial charge in [-0.05, 0) is 49.2 Å². The third kappa shape index (κ3) is 9.89. The fourth-order valence-electron chi connectivity index (χ4n) is 7.57. The largest absolute Gasteiger partial charge is 1.00 e. The number of piperazine rings is 2. The second kappa shape index (κ2) is 17.6. The summed E-state index contributed by atoms with van der Waals surface area (Å²) in [7, 11) is 9.67. The summed E-state index contributed by atoms with van der Waals surface area (Å²) in [5, 5.41) is 0. The average Bonchev–Trinajstić information content (AvgIpc) is 3.10. The molecule has 4 nitrogen and oxygen atoms in total. The van der Waals surface area contributed by atoms with Gasteiger partial charge in [-0.2, -0.15) is 0 Å². The number of likely N-dealkylation sites (N-methyl/N-ethyl adjacent to an activating group) is 4. The molecule has 0 amide bonds. The predicted molar refractivity (Wildman–Crippen MR) is 199 cm³/mol. The summed E-state index contributed by atoms with van der Waals surface area (Å²) in [6.07, 6.45) is 2.35. The zero-order valence-electron chi connectivity index (χ0n) is 30.3. The molecule has 2 aliphatic rings. The smallest absolute Gasteiger partial charge is 0.133 e. The van der Waals surface area contributed by atoms with Crippen LogP contribution in [0, 0.1) is 0 Å². The number of halogens is 2. The summed E-state index contributed by atoms with van der Waals surface area (Å²) in [6.45, 7) is 14.7. The quantitative estimate of drug-likeness (QED) is 0.238. The number of rotatable bonds is 8. The van der Waals surface area contributed by atoms with E-state index >= 15 is 0 Å². The fraction of sp³-hybridized carbons (Fsp3) is 0.429. The number of hydrogen-bond acceptors (Lipinski definition) is 0. The average molecular weight is 781 g/mol. The van der Waals surface area contributed by atoms with Gasteiger partial charge in [-0.1, -0.05) is 97.1 Å². The maximum atomic E-state index is 2.45. The van der Waals surface area contributed by atoms with E-state index in [0.717, 1.165) is 8.97 Å². The topological polar surface area (TPSA) is 0 Å². The maximum Gasteiger partial charge on any atom is 0.133 e. The standard InChI is InChI=1S/2C21H30N2.2BrH/c2*1-19(18-20-10-6-4-7-11-20)22(2)14-16-23(3,17-15-22)21-12-8-5-9-13-21;;/h2*4-13,19H,14-18H2,1-3H3;2*1H/q2*+2;;/p-2. The van der Waals surface area contributed by atoms with Crippen LogP contribution in [0.3, 0.4) is 0 Å². The molecule has 0 spiro atoms. The van der Waals surface area contributed by atoms with Gasteiger partial charge in [0.15, 0.2) is 0 Å². The van der Waals surface area contributed by atoms with Crippen LogP contribution in [-0.4, -0.2) is 102 Å². The molecule has 0 aliphatic carbocycles. The molecule has 2 unspecified atom stereocenters. The van der Waals surface area contributed by atoms with Crippen LogP contribution in [0.4, 0.5) is 11.4 Å². The number of nitrogens with zero attached hydrogens (tertiary/aromatic N) is 4.